The lowest BCUT2D eigenvalue weighted by Gasteiger charge is -2.13. The summed E-state index contributed by atoms with van der Waals surface area (Å²) in [4.78, 5) is 7.07. The Hall–Kier alpha value is -1.93. The zero-order valence-electron chi connectivity index (χ0n) is 16.1. The van der Waals surface area contributed by atoms with Crippen LogP contribution < -0.4 is 4.72 Å². The summed E-state index contributed by atoms with van der Waals surface area (Å²) >= 11 is 5.83. The van der Waals surface area contributed by atoms with Crippen molar-refractivity contribution in [1.29, 1.82) is 0 Å². The lowest BCUT2D eigenvalue weighted by atomic mass is 10.3. The van der Waals surface area contributed by atoms with Crippen molar-refractivity contribution in [2.75, 3.05) is 27.2 Å². The number of sulfonamides is 1. The molecule has 0 saturated heterocycles. The summed E-state index contributed by atoms with van der Waals surface area (Å²) in [5.41, 5.74) is 2.01. The van der Waals surface area contributed by atoms with E-state index >= 15 is 0 Å². The molecule has 0 aliphatic carbocycles. The van der Waals surface area contributed by atoms with Crippen molar-refractivity contribution in [3.05, 3.63) is 59.4 Å². The molecular formula is C20H25ClN4O2S. The number of aryl methyl sites for hydroxylation is 1. The Bertz CT molecular complexity index is 1030. The SMILES string of the molecule is CN(C)CCCn1c(CCNS(=O)(=O)c2ccc(Cl)cc2)nc2ccccc21. The highest BCUT2D eigenvalue weighted by Crippen LogP contribution is 2.18. The topological polar surface area (TPSA) is 67.2 Å². The number of benzene rings is 2. The fourth-order valence-corrected chi connectivity index (χ4v) is 4.26. The van der Waals surface area contributed by atoms with E-state index < -0.39 is 10.0 Å². The van der Waals surface area contributed by atoms with Gasteiger partial charge in [-0.1, -0.05) is 23.7 Å². The van der Waals surface area contributed by atoms with E-state index in [1.54, 1.807) is 12.1 Å². The van der Waals surface area contributed by atoms with E-state index in [1.165, 1.54) is 12.1 Å². The highest BCUT2D eigenvalue weighted by Gasteiger charge is 2.15. The normalized spacial score (nSPS) is 12.1. The van der Waals surface area contributed by atoms with Gasteiger partial charge >= 0.3 is 0 Å². The number of halogens is 1. The van der Waals surface area contributed by atoms with Crippen molar-refractivity contribution >= 4 is 32.7 Å². The van der Waals surface area contributed by atoms with Gasteiger partial charge in [-0.05, 0) is 63.5 Å². The molecule has 28 heavy (non-hydrogen) atoms. The third kappa shape index (κ3) is 5.11. The molecule has 2 aromatic carbocycles. The van der Waals surface area contributed by atoms with Crippen LogP contribution in [0.2, 0.25) is 5.02 Å². The molecule has 0 saturated carbocycles. The lowest BCUT2D eigenvalue weighted by molar-refractivity contribution is 0.386. The minimum Gasteiger partial charge on any atom is -0.328 e. The number of fused-ring (bicyclic) bond motifs is 1. The van der Waals surface area contributed by atoms with Crippen LogP contribution in [0, 0.1) is 0 Å². The van der Waals surface area contributed by atoms with Gasteiger partial charge in [0.25, 0.3) is 0 Å². The van der Waals surface area contributed by atoms with Crippen LogP contribution in [0.4, 0.5) is 0 Å². The quantitative estimate of drug-likeness (QED) is 0.577. The van der Waals surface area contributed by atoms with Crippen LogP contribution in [0.15, 0.2) is 53.4 Å². The predicted octanol–water partition coefficient (Wildman–Crippen LogP) is 3.16. The van der Waals surface area contributed by atoms with Gasteiger partial charge in [-0.2, -0.15) is 0 Å². The first-order valence-electron chi connectivity index (χ1n) is 9.21. The molecule has 1 aromatic heterocycles. The zero-order chi connectivity index (χ0) is 20.1. The van der Waals surface area contributed by atoms with E-state index in [9.17, 15) is 8.42 Å². The molecule has 0 spiro atoms. The summed E-state index contributed by atoms with van der Waals surface area (Å²) < 4.78 is 29.7. The van der Waals surface area contributed by atoms with Crippen LogP contribution in [-0.4, -0.2) is 50.1 Å². The second kappa shape index (κ2) is 9.05. The summed E-state index contributed by atoms with van der Waals surface area (Å²) in [6, 6.07) is 14.1. The molecule has 0 bridgehead atoms. The largest absolute Gasteiger partial charge is 0.328 e. The van der Waals surface area contributed by atoms with Gasteiger partial charge in [0.15, 0.2) is 0 Å². The van der Waals surface area contributed by atoms with Gasteiger partial charge in [0, 0.05) is 24.5 Å². The first kappa shape index (κ1) is 20.8. The number of nitrogens with one attached hydrogen (secondary N) is 1. The van der Waals surface area contributed by atoms with Crippen molar-refractivity contribution in [3.8, 4) is 0 Å². The number of hydrogen-bond donors (Lipinski definition) is 1. The molecule has 0 atom stereocenters. The molecule has 0 aliphatic heterocycles. The summed E-state index contributed by atoms with van der Waals surface area (Å²) in [6.07, 6.45) is 1.51. The number of aromatic nitrogens is 2. The van der Waals surface area contributed by atoms with E-state index in [2.05, 4.69) is 34.4 Å². The number of hydrogen-bond acceptors (Lipinski definition) is 4. The van der Waals surface area contributed by atoms with Gasteiger partial charge in [0.1, 0.15) is 5.82 Å². The fourth-order valence-electron chi connectivity index (χ4n) is 3.11. The Balaban J connectivity index is 1.72. The van der Waals surface area contributed by atoms with Crippen LogP contribution in [0.3, 0.4) is 0 Å². The van der Waals surface area contributed by atoms with Crippen LogP contribution >= 0.6 is 11.6 Å². The summed E-state index contributed by atoms with van der Waals surface area (Å²) in [6.45, 7) is 2.11. The molecule has 0 amide bonds. The van der Waals surface area contributed by atoms with Crippen LogP contribution in [0.5, 0.6) is 0 Å². The first-order chi connectivity index (χ1) is 13.4. The third-order valence-corrected chi connectivity index (χ3v) is 6.21. The molecule has 3 rings (SSSR count). The summed E-state index contributed by atoms with van der Waals surface area (Å²) in [5, 5.41) is 0.505. The molecular weight excluding hydrogens is 396 g/mol. The molecule has 150 valence electrons. The van der Waals surface area contributed by atoms with E-state index in [0.717, 1.165) is 36.4 Å². The summed E-state index contributed by atoms with van der Waals surface area (Å²) in [5.74, 6) is 0.888. The molecule has 1 heterocycles. The average molecular weight is 421 g/mol. The van der Waals surface area contributed by atoms with Gasteiger partial charge in [0.2, 0.25) is 10.0 Å². The molecule has 0 radical (unpaired) electrons. The molecule has 0 fully saturated rings. The standard InChI is InChI=1S/C20H25ClN4O2S/c1-24(2)14-5-15-25-19-7-4-3-6-18(19)23-20(25)12-13-22-28(26,27)17-10-8-16(21)9-11-17/h3-4,6-11,22H,5,12-15H2,1-2H3. The monoisotopic (exact) mass is 420 g/mol. The number of rotatable bonds is 9. The molecule has 6 nitrogen and oxygen atoms in total. The predicted molar refractivity (Wildman–Crippen MR) is 113 cm³/mol. The number of nitrogens with zero attached hydrogens (tertiary/aromatic N) is 3. The van der Waals surface area contributed by atoms with Crippen molar-refractivity contribution in [2.24, 2.45) is 0 Å². The smallest absolute Gasteiger partial charge is 0.240 e. The van der Waals surface area contributed by atoms with Gasteiger partial charge in [0.05, 0.1) is 15.9 Å². The maximum absolute atomic E-state index is 12.5. The Labute approximate surface area is 171 Å². The Morgan fingerprint density at radius 2 is 1.82 bits per heavy atom. The summed E-state index contributed by atoms with van der Waals surface area (Å²) in [7, 11) is 0.537. The van der Waals surface area contributed by atoms with Gasteiger partial charge in [-0.3, -0.25) is 0 Å². The van der Waals surface area contributed by atoms with E-state index in [-0.39, 0.29) is 11.4 Å². The van der Waals surface area contributed by atoms with Crippen molar-refractivity contribution in [3.63, 3.8) is 0 Å². The third-order valence-electron chi connectivity index (χ3n) is 4.49. The van der Waals surface area contributed by atoms with Crippen LogP contribution in [-0.2, 0) is 23.0 Å². The van der Waals surface area contributed by atoms with Crippen molar-refractivity contribution in [1.82, 2.24) is 19.2 Å². The van der Waals surface area contributed by atoms with E-state index in [4.69, 9.17) is 16.6 Å². The minimum atomic E-state index is -3.57. The number of imidazole rings is 1. The van der Waals surface area contributed by atoms with Gasteiger partial charge in [-0.25, -0.2) is 18.1 Å². The average Bonchev–Trinajstić information content (AvgIpc) is 2.99. The molecule has 1 N–H and O–H groups in total. The first-order valence-corrected chi connectivity index (χ1v) is 11.1. The van der Waals surface area contributed by atoms with Crippen LogP contribution in [0.25, 0.3) is 11.0 Å². The lowest BCUT2D eigenvalue weighted by Crippen LogP contribution is -2.27. The van der Waals surface area contributed by atoms with Gasteiger partial charge < -0.3 is 9.47 Å². The second-order valence-electron chi connectivity index (χ2n) is 6.93. The number of para-hydroxylation sites is 2. The van der Waals surface area contributed by atoms with Crippen LogP contribution in [0.1, 0.15) is 12.2 Å². The van der Waals surface area contributed by atoms with E-state index in [1.807, 2.05) is 18.2 Å². The minimum absolute atomic E-state index is 0.205. The molecule has 0 aliphatic rings. The second-order valence-corrected chi connectivity index (χ2v) is 9.13. The zero-order valence-corrected chi connectivity index (χ0v) is 17.7. The van der Waals surface area contributed by atoms with Crippen molar-refractivity contribution < 1.29 is 8.42 Å². The maximum Gasteiger partial charge on any atom is 0.240 e. The Morgan fingerprint density at radius 3 is 2.54 bits per heavy atom. The maximum atomic E-state index is 12.5. The highest BCUT2D eigenvalue weighted by molar-refractivity contribution is 7.89. The Kier molecular flexibility index (Phi) is 6.72. The molecule has 0 unspecified atom stereocenters. The van der Waals surface area contributed by atoms with Crippen molar-refractivity contribution in [2.45, 2.75) is 24.3 Å². The highest BCUT2D eigenvalue weighted by atomic mass is 35.5. The Morgan fingerprint density at radius 1 is 1.11 bits per heavy atom. The van der Waals surface area contributed by atoms with Gasteiger partial charge in [-0.15, -0.1) is 0 Å². The fraction of sp³-hybridized carbons (Fsp3) is 0.350. The van der Waals surface area contributed by atoms with E-state index in [0.29, 0.717) is 11.4 Å². The molecule has 3 aromatic rings. The molecule has 8 heteroatoms.